The Kier molecular flexibility index (Phi) is 6.49. The number of fused-ring (bicyclic) bond motifs is 1. The number of rotatable bonds is 4. The van der Waals surface area contributed by atoms with Crippen molar-refractivity contribution >= 4 is 46.9 Å². The summed E-state index contributed by atoms with van der Waals surface area (Å²) < 4.78 is 0. The zero-order valence-electron chi connectivity index (χ0n) is 15.7. The Morgan fingerprint density at radius 1 is 1.21 bits per heavy atom. The van der Waals surface area contributed by atoms with Crippen LogP contribution in [0.15, 0.2) is 42.5 Å². The zero-order valence-corrected chi connectivity index (χ0v) is 17.4. The van der Waals surface area contributed by atoms with Gasteiger partial charge in [-0.1, -0.05) is 30.0 Å². The maximum absolute atomic E-state index is 12.8. The van der Waals surface area contributed by atoms with E-state index >= 15 is 0 Å². The molecule has 0 aromatic heterocycles. The lowest BCUT2D eigenvalue weighted by Gasteiger charge is -2.26. The second-order valence-corrected chi connectivity index (χ2v) is 8.04. The van der Waals surface area contributed by atoms with Crippen LogP contribution >= 0.6 is 24.2 Å². The highest BCUT2D eigenvalue weighted by Gasteiger charge is 2.30. The van der Waals surface area contributed by atoms with Crippen molar-refractivity contribution in [2.24, 2.45) is 0 Å². The second kappa shape index (κ2) is 8.88. The van der Waals surface area contributed by atoms with Crippen LogP contribution in [0.2, 0.25) is 0 Å². The predicted octanol–water partition coefficient (Wildman–Crippen LogP) is 3.69. The van der Waals surface area contributed by atoms with Gasteiger partial charge in [0.05, 0.1) is 18.3 Å². The number of anilines is 1. The molecule has 1 unspecified atom stereocenters. The molecule has 1 aliphatic carbocycles. The molecule has 0 radical (unpaired) electrons. The number of nitrogen functional groups attached to an aromatic ring is 1. The Morgan fingerprint density at radius 2 is 2.03 bits per heavy atom. The molecule has 6 nitrogen and oxygen atoms in total. The first-order chi connectivity index (χ1) is 13.5. The molecule has 1 fully saturated rings. The standard InChI is InChI=1S/C21H21N3O3S.ClH/c22-16-7-8-17-14(10-16)4-2-6-18(17)23-20(26)15-5-1-3-13(9-15)11-24-19(25)12-28-21(24)27;/h1,3,5,7-10,18H,2,4,6,11-12,22H2,(H,23,26);1H. The molecule has 3 N–H and O–H groups in total. The molecule has 29 heavy (non-hydrogen) atoms. The maximum Gasteiger partial charge on any atom is 0.289 e. The van der Waals surface area contributed by atoms with E-state index in [0.717, 1.165) is 47.8 Å². The third kappa shape index (κ3) is 4.57. The summed E-state index contributed by atoms with van der Waals surface area (Å²) in [6, 6.07) is 12.9. The summed E-state index contributed by atoms with van der Waals surface area (Å²) in [6.45, 7) is 0.192. The van der Waals surface area contributed by atoms with E-state index in [1.807, 2.05) is 24.3 Å². The number of imide groups is 1. The van der Waals surface area contributed by atoms with Gasteiger partial charge in [0.2, 0.25) is 5.91 Å². The summed E-state index contributed by atoms with van der Waals surface area (Å²) >= 11 is 1.01. The van der Waals surface area contributed by atoms with E-state index < -0.39 is 0 Å². The zero-order chi connectivity index (χ0) is 19.7. The number of benzene rings is 2. The molecular weight excluding hydrogens is 410 g/mol. The normalized spacial score (nSPS) is 18.2. The maximum atomic E-state index is 12.8. The van der Waals surface area contributed by atoms with E-state index in [0.29, 0.717) is 5.56 Å². The third-order valence-corrected chi connectivity index (χ3v) is 6.02. The van der Waals surface area contributed by atoms with Gasteiger partial charge in [-0.2, -0.15) is 0 Å². The summed E-state index contributed by atoms with van der Waals surface area (Å²) in [5, 5.41) is 2.88. The fourth-order valence-corrected chi connectivity index (χ4v) is 4.48. The fourth-order valence-electron chi connectivity index (χ4n) is 3.75. The lowest BCUT2D eigenvalue weighted by atomic mass is 9.87. The second-order valence-electron chi connectivity index (χ2n) is 7.11. The molecule has 1 saturated heterocycles. The molecule has 2 aromatic carbocycles. The highest BCUT2D eigenvalue weighted by molar-refractivity contribution is 8.14. The summed E-state index contributed by atoms with van der Waals surface area (Å²) in [4.78, 5) is 37.6. The van der Waals surface area contributed by atoms with Gasteiger partial charge in [0.25, 0.3) is 11.1 Å². The Bertz CT molecular complexity index is 950. The highest BCUT2D eigenvalue weighted by Crippen LogP contribution is 2.31. The molecule has 1 aliphatic heterocycles. The largest absolute Gasteiger partial charge is 0.399 e. The number of hydrogen-bond donors (Lipinski definition) is 2. The third-order valence-electron chi connectivity index (χ3n) is 5.16. The van der Waals surface area contributed by atoms with Crippen LogP contribution in [0.25, 0.3) is 0 Å². The molecule has 2 aromatic rings. The molecule has 0 saturated carbocycles. The van der Waals surface area contributed by atoms with Gasteiger partial charge in [0.1, 0.15) is 0 Å². The van der Waals surface area contributed by atoms with Gasteiger partial charge >= 0.3 is 0 Å². The molecule has 152 valence electrons. The summed E-state index contributed by atoms with van der Waals surface area (Å²) in [7, 11) is 0. The Hall–Kier alpha value is -2.51. The van der Waals surface area contributed by atoms with Crippen LogP contribution in [0.3, 0.4) is 0 Å². The highest BCUT2D eigenvalue weighted by atomic mass is 35.5. The fraction of sp³-hybridized carbons (Fsp3) is 0.286. The van der Waals surface area contributed by atoms with E-state index in [2.05, 4.69) is 5.32 Å². The van der Waals surface area contributed by atoms with Crippen LogP contribution < -0.4 is 11.1 Å². The van der Waals surface area contributed by atoms with Gasteiger partial charge < -0.3 is 11.1 Å². The summed E-state index contributed by atoms with van der Waals surface area (Å²) in [5.41, 5.74) is 10.2. The van der Waals surface area contributed by atoms with Crippen molar-refractivity contribution in [1.82, 2.24) is 10.2 Å². The van der Waals surface area contributed by atoms with Crippen molar-refractivity contribution in [2.45, 2.75) is 31.8 Å². The van der Waals surface area contributed by atoms with Gasteiger partial charge in [-0.25, -0.2) is 0 Å². The molecule has 4 rings (SSSR count). The Labute approximate surface area is 179 Å². The van der Waals surface area contributed by atoms with E-state index in [4.69, 9.17) is 5.73 Å². The number of nitrogens with zero attached hydrogens (tertiary/aromatic N) is 1. The molecule has 1 atom stereocenters. The number of carbonyl (C=O) groups is 3. The monoisotopic (exact) mass is 431 g/mol. The van der Waals surface area contributed by atoms with E-state index in [-0.39, 0.29) is 47.8 Å². The molecule has 1 heterocycles. The van der Waals surface area contributed by atoms with Crippen molar-refractivity contribution in [2.75, 3.05) is 11.5 Å². The lowest BCUT2D eigenvalue weighted by molar-refractivity contribution is -0.125. The van der Waals surface area contributed by atoms with Crippen LogP contribution in [0.1, 0.15) is 45.9 Å². The number of hydrogen-bond acceptors (Lipinski definition) is 5. The first kappa shape index (κ1) is 21.2. The average molecular weight is 432 g/mol. The molecular formula is C21H22ClN3O3S. The average Bonchev–Trinajstić information content (AvgIpc) is 3.00. The number of aryl methyl sites for hydroxylation is 1. The van der Waals surface area contributed by atoms with Crippen LogP contribution in [0.5, 0.6) is 0 Å². The molecule has 3 amide bonds. The minimum atomic E-state index is -0.238. The summed E-state index contributed by atoms with van der Waals surface area (Å²) in [5.74, 6) is -0.169. The van der Waals surface area contributed by atoms with Gasteiger partial charge in [0.15, 0.2) is 0 Å². The number of halogens is 1. The predicted molar refractivity (Wildman–Crippen MR) is 116 cm³/mol. The first-order valence-corrected chi connectivity index (χ1v) is 10.2. The molecule has 0 spiro atoms. The van der Waals surface area contributed by atoms with Crippen LogP contribution in [-0.2, 0) is 17.8 Å². The van der Waals surface area contributed by atoms with E-state index in [1.54, 1.807) is 18.2 Å². The van der Waals surface area contributed by atoms with Crippen LogP contribution in [0.4, 0.5) is 10.5 Å². The van der Waals surface area contributed by atoms with Crippen molar-refractivity contribution in [1.29, 1.82) is 0 Å². The SMILES string of the molecule is Cl.Nc1ccc2c(c1)CCCC2NC(=O)c1cccc(CN2C(=O)CSC2=O)c1. The summed E-state index contributed by atoms with van der Waals surface area (Å²) in [6.07, 6.45) is 2.85. The smallest absolute Gasteiger partial charge is 0.289 e. The number of thioether (sulfide) groups is 1. The van der Waals surface area contributed by atoms with Gasteiger partial charge in [0, 0.05) is 11.3 Å². The first-order valence-electron chi connectivity index (χ1n) is 9.26. The Morgan fingerprint density at radius 3 is 2.79 bits per heavy atom. The van der Waals surface area contributed by atoms with Gasteiger partial charge in [-0.05, 0) is 60.2 Å². The Balaban J connectivity index is 0.00000240. The molecule has 8 heteroatoms. The minimum absolute atomic E-state index is 0. The van der Waals surface area contributed by atoms with Gasteiger partial charge in [-0.3, -0.25) is 19.3 Å². The number of carbonyl (C=O) groups excluding carboxylic acids is 3. The van der Waals surface area contributed by atoms with E-state index in [9.17, 15) is 14.4 Å². The topological polar surface area (TPSA) is 92.5 Å². The van der Waals surface area contributed by atoms with Crippen molar-refractivity contribution in [3.05, 3.63) is 64.7 Å². The van der Waals surface area contributed by atoms with Crippen molar-refractivity contribution < 1.29 is 14.4 Å². The van der Waals surface area contributed by atoms with Crippen molar-refractivity contribution in [3.63, 3.8) is 0 Å². The van der Waals surface area contributed by atoms with Gasteiger partial charge in [-0.15, -0.1) is 12.4 Å². The lowest BCUT2D eigenvalue weighted by Crippen LogP contribution is -2.31. The molecule has 2 aliphatic rings. The van der Waals surface area contributed by atoms with Crippen molar-refractivity contribution in [3.8, 4) is 0 Å². The minimum Gasteiger partial charge on any atom is -0.399 e. The molecule has 0 bridgehead atoms. The number of nitrogens with two attached hydrogens (primary N) is 1. The van der Waals surface area contributed by atoms with Crippen LogP contribution in [0, 0.1) is 0 Å². The van der Waals surface area contributed by atoms with E-state index in [1.165, 1.54) is 10.5 Å². The quantitative estimate of drug-likeness (QED) is 0.720. The number of nitrogens with one attached hydrogen (secondary N) is 1. The number of amides is 3. The van der Waals surface area contributed by atoms with Crippen LogP contribution in [-0.4, -0.2) is 27.7 Å².